The molecule has 0 radical (unpaired) electrons. The van der Waals surface area contributed by atoms with Crippen LogP contribution in [0.3, 0.4) is 0 Å². The van der Waals surface area contributed by atoms with E-state index in [1.807, 2.05) is 0 Å². The van der Waals surface area contributed by atoms with Crippen LogP contribution in [0.25, 0.3) is 0 Å². The van der Waals surface area contributed by atoms with E-state index in [-0.39, 0.29) is 5.92 Å². The van der Waals surface area contributed by atoms with Crippen molar-refractivity contribution in [2.24, 2.45) is 17.8 Å². The molecule has 0 aromatic carbocycles. The largest absolute Gasteiger partial charge is 0.481 e. The van der Waals surface area contributed by atoms with E-state index >= 15 is 0 Å². The second-order valence-corrected chi connectivity index (χ2v) is 3.60. The van der Waals surface area contributed by atoms with Crippen molar-refractivity contribution in [3.63, 3.8) is 0 Å². The molecule has 2 N–H and O–H groups in total. The van der Waals surface area contributed by atoms with E-state index in [1.165, 1.54) is 6.42 Å². The highest BCUT2D eigenvalue weighted by molar-refractivity contribution is 5.71. The summed E-state index contributed by atoms with van der Waals surface area (Å²) in [5.74, 6) is 0.487. The number of fused-ring (bicyclic) bond motifs is 1. The standard InChI is InChI=1S/C8H13NO2/c10-8(11)6-3-5-1-2-9-4-7(5)6/h5-7,9H,1-4H2,(H,10,11). The minimum Gasteiger partial charge on any atom is -0.481 e. The van der Waals surface area contributed by atoms with Gasteiger partial charge in [0.05, 0.1) is 5.92 Å². The Balaban J connectivity index is 1.96. The number of carbonyl (C=O) groups is 1. The summed E-state index contributed by atoms with van der Waals surface area (Å²) in [5.41, 5.74) is 0. The van der Waals surface area contributed by atoms with Gasteiger partial charge in [0.2, 0.25) is 0 Å². The van der Waals surface area contributed by atoms with E-state index in [0.717, 1.165) is 19.5 Å². The number of rotatable bonds is 1. The number of nitrogens with one attached hydrogen (secondary N) is 1. The van der Waals surface area contributed by atoms with E-state index < -0.39 is 5.97 Å². The summed E-state index contributed by atoms with van der Waals surface area (Å²) in [6, 6.07) is 0. The summed E-state index contributed by atoms with van der Waals surface area (Å²) in [4.78, 5) is 10.6. The van der Waals surface area contributed by atoms with Gasteiger partial charge in [-0.25, -0.2) is 0 Å². The predicted molar refractivity (Wildman–Crippen MR) is 40.2 cm³/mol. The summed E-state index contributed by atoms with van der Waals surface area (Å²) in [6.07, 6.45) is 2.09. The average molecular weight is 155 g/mol. The smallest absolute Gasteiger partial charge is 0.306 e. The van der Waals surface area contributed by atoms with Crippen molar-refractivity contribution in [2.45, 2.75) is 12.8 Å². The predicted octanol–water partition coefficient (Wildman–Crippen LogP) is 0.317. The van der Waals surface area contributed by atoms with Crippen LogP contribution < -0.4 is 5.32 Å². The van der Waals surface area contributed by atoms with Gasteiger partial charge < -0.3 is 10.4 Å². The molecule has 3 heteroatoms. The molecular weight excluding hydrogens is 142 g/mol. The van der Waals surface area contributed by atoms with Crippen LogP contribution in [-0.2, 0) is 4.79 Å². The molecule has 3 atom stereocenters. The normalized spacial score (nSPS) is 42.4. The highest BCUT2D eigenvalue weighted by Gasteiger charge is 2.45. The molecule has 1 aliphatic carbocycles. The van der Waals surface area contributed by atoms with Gasteiger partial charge >= 0.3 is 5.97 Å². The maximum absolute atomic E-state index is 10.6. The second kappa shape index (κ2) is 2.48. The van der Waals surface area contributed by atoms with E-state index in [9.17, 15) is 4.79 Å². The quantitative estimate of drug-likeness (QED) is 0.573. The Morgan fingerprint density at radius 1 is 1.55 bits per heavy atom. The van der Waals surface area contributed by atoms with Gasteiger partial charge in [0.1, 0.15) is 0 Å². The molecule has 0 spiro atoms. The van der Waals surface area contributed by atoms with Crippen molar-refractivity contribution < 1.29 is 9.90 Å². The molecule has 0 aromatic rings. The fourth-order valence-electron chi connectivity index (χ4n) is 2.29. The number of hydrogen-bond acceptors (Lipinski definition) is 2. The van der Waals surface area contributed by atoms with Crippen LogP contribution >= 0.6 is 0 Å². The Morgan fingerprint density at radius 2 is 2.36 bits per heavy atom. The molecule has 62 valence electrons. The minimum absolute atomic E-state index is 0.0483. The second-order valence-electron chi connectivity index (χ2n) is 3.60. The van der Waals surface area contributed by atoms with Crippen LogP contribution in [0.15, 0.2) is 0 Å². The third-order valence-electron chi connectivity index (χ3n) is 3.07. The average Bonchev–Trinajstić information content (AvgIpc) is 1.90. The van der Waals surface area contributed by atoms with Crippen molar-refractivity contribution in [2.75, 3.05) is 13.1 Å². The van der Waals surface area contributed by atoms with Crippen LogP contribution in [-0.4, -0.2) is 24.2 Å². The first-order chi connectivity index (χ1) is 5.29. The Kier molecular flexibility index (Phi) is 1.60. The molecule has 1 heterocycles. The van der Waals surface area contributed by atoms with Gasteiger partial charge in [-0.15, -0.1) is 0 Å². The summed E-state index contributed by atoms with van der Waals surface area (Å²) in [5, 5.41) is 12.0. The molecule has 3 unspecified atom stereocenters. The lowest BCUT2D eigenvalue weighted by Gasteiger charge is -2.45. The minimum atomic E-state index is -0.602. The Hall–Kier alpha value is -0.570. The fraction of sp³-hybridized carbons (Fsp3) is 0.875. The van der Waals surface area contributed by atoms with E-state index in [4.69, 9.17) is 5.11 Å². The number of carboxylic acids is 1. The maximum Gasteiger partial charge on any atom is 0.306 e. The monoisotopic (exact) mass is 155 g/mol. The van der Waals surface area contributed by atoms with Crippen LogP contribution in [0.4, 0.5) is 0 Å². The van der Waals surface area contributed by atoms with E-state index in [1.54, 1.807) is 0 Å². The Bertz CT molecular complexity index is 181. The van der Waals surface area contributed by atoms with Gasteiger partial charge in [-0.1, -0.05) is 0 Å². The van der Waals surface area contributed by atoms with Gasteiger partial charge in [-0.05, 0) is 37.8 Å². The molecule has 2 aliphatic rings. The SMILES string of the molecule is O=C(O)C1CC2CCNCC21. The summed E-state index contributed by atoms with van der Waals surface area (Å²) < 4.78 is 0. The van der Waals surface area contributed by atoms with Crippen LogP contribution in [0, 0.1) is 17.8 Å². The molecule has 3 nitrogen and oxygen atoms in total. The highest BCUT2D eigenvalue weighted by Crippen LogP contribution is 2.43. The molecule has 0 aromatic heterocycles. The first kappa shape index (κ1) is 7.10. The van der Waals surface area contributed by atoms with Crippen molar-refractivity contribution in [1.29, 1.82) is 0 Å². The lowest BCUT2D eigenvalue weighted by molar-refractivity contribution is -0.152. The van der Waals surface area contributed by atoms with Crippen molar-refractivity contribution in [3.05, 3.63) is 0 Å². The van der Waals surface area contributed by atoms with Gasteiger partial charge in [0, 0.05) is 0 Å². The maximum atomic E-state index is 10.6. The van der Waals surface area contributed by atoms with E-state index in [0.29, 0.717) is 11.8 Å². The Labute approximate surface area is 65.8 Å². The summed E-state index contributed by atoms with van der Waals surface area (Å²) >= 11 is 0. The number of piperidine rings is 1. The highest BCUT2D eigenvalue weighted by atomic mass is 16.4. The fourth-order valence-corrected chi connectivity index (χ4v) is 2.29. The van der Waals surface area contributed by atoms with Crippen LogP contribution in [0.2, 0.25) is 0 Å². The molecular formula is C8H13NO2. The number of aliphatic carboxylic acids is 1. The zero-order valence-electron chi connectivity index (χ0n) is 6.42. The van der Waals surface area contributed by atoms with Crippen molar-refractivity contribution in [3.8, 4) is 0 Å². The van der Waals surface area contributed by atoms with Gasteiger partial charge in [-0.3, -0.25) is 4.79 Å². The number of hydrogen-bond donors (Lipinski definition) is 2. The number of carboxylic acid groups (broad SMARTS) is 1. The summed E-state index contributed by atoms with van der Waals surface area (Å²) in [7, 11) is 0. The first-order valence-electron chi connectivity index (χ1n) is 4.22. The molecule has 11 heavy (non-hydrogen) atoms. The molecule has 1 saturated heterocycles. The molecule has 0 amide bonds. The van der Waals surface area contributed by atoms with E-state index in [2.05, 4.69) is 5.32 Å². The molecule has 1 saturated carbocycles. The van der Waals surface area contributed by atoms with Gasteiger partial charge in [0.15, 0.2) is 0 Å². The third kappa shape index (κ3) is 1.03. The van der Waals surface area contributed by atoms with Crippen molar-refractivity contribution >= 4 is 5.97 Å². The van der Waals surface area contributed by atoms with Gasteiger partial charge in [-0.2, -0.15) is 0 Å². The van der Waals surface area contributed by atoms with Crippen molar-refractivity contribution in [1.82, 2.24) is 5.32 Å². The lowest BCUT2D eigenvalue weighted by atomic mass is 9.62. The molecule has 2 fully saturated rings. The Morgan fingerprint density at radius 3 is 3.00 bits per heavy atom. The first-order valence-corrected chi connectivity index (χ1v) is 4.22. The zero-order chi connectivity index (χ0) is 7.84. The van der Waals surface area contributed by atoms with Crippen LogP contribution in [0.1, 0.15) is 12.8 Å². The molecule has 0 bridgehead atoms. The summed E-state index contributed by atoms with van der Waals surface area (Å²) in [6.45, 7) is 2.00. The third-order valence-corrected chi connectivity index (χ3v) is 3.07. The molecule has 2 rings (SSSR count). The van der Waals surface area contributed by atoms with Crippen LogP contribution in [0.5, 0.6) is 0 Å². The lowest BCUT2D eigenvalue weighted by Crippen LogP contribution is -2.51. The molecule has 1 aliphatic heterocycles. The van der Waals surface area contributed by atoms with Gasteiger partial charge in [0.25, 0.3) is 0 Å². The topological polar surface area (TPSA) is 49.3 Å². The zero-order valence-corrected chi connectivity index (χ0v) is 6.42.